The van der Waals surface area contributed by atoms with Crippen molar-refractivity contribution in [3.8, 4) is 5.88 Å². The number of ether oxygens (including phenoxy) is 1. The molecule has 1 fully saturated rings. The molecule has 42 heavy (non-hydrogen) atoms. The normalized spacial score (nSPS) is 17.8. The molecule has 2 atom stereocenters. The summed E-state index contributed by atoms with van der Waals surface area (Å²) in [6.45, 7) is 3.55. The van der Waals surface area contributed by atoms with Crippen LogP contribution in [0.3, 0.4) is 0 Å². The van der Waals surface area contributed by atoms with Crippen LogP contribution in [0.15, 0.2) is 35.3 Å². The van der Waals surface area contributed by atoms with Crippen molar-refractivity contribution in [2.75, 3.05) is 30.8 Å². The van der Waals surface area contributed by atoms with Gasteiger partial charge in [-0.3, -0.25) is 9.59 Å². The first-order chi connectivity index (χ1) is 20.4. The van der Waals surface area contributed by atoms with Crippen molar-refractivity contribution in [2.45, 2.75) is 64.2 Å². The first-order valence-corrected chi connectivity index (χ1v) is 14.8. The lowest BCUT2D eigenvalue weighted by molar-refractivity contribution is -0.133. The average Bonchev–Trinajstić information content (AvgIpc) is 3.43. The number of rotatable bonds is 11. The summed E-state index contributed by atoms with van der Waals surface area (Å²) >= 11 is 5.57. The summed E-state index contributed by atoms with van der Waals surface area (Å²) < 4.78 is 11.1. The number of carbonyl (C=O) groups is 2. The number of aliphatic hydroxyl groups excluding tert-OH is 1. The van der Waals surface area contributed by atoms with E-state index in [4.69, 9.17) is 25.7 Å². The highest BCUT2D eigenvalue weighted by atomic mass is 35.5. The monoisotopic (exact) mass is 597 g/mol. The SMILES string of the molecule is Cc1ncoc1COc1ccc2c(n1)CCC(CC(=O)N1CCC(Nc3cc(C(=O)NC[C@H](O)CCl)ncn3)CC1)C2. The maximum Gasteiger partial charge on any atom is 0.270 e. The molecule has 0 spiro atoms. The number of amides is 2. The van der Waals surface area contributed by atoms with Gasteiger partial charge in [-0.15, -0.1) is 11.6 Å². The molecule has 1 aliphatic carbocycles. The first kappa shape index (κ1) is 29.7. The first-order valence-electron chi connectivity index (χ1n) is 14.3. The van der Waals surface area contributed by atoms with Gasteiger partial charge in [0.05, 0.1) is 17.7 Å². The number of nitrogens with zero attached hydrogens (tertiary/aromatic N) is 5. The highest BCUT2D eigenvalue weighted by molar-refractivity contribution is 6.18. The van der Waals surface area contributed by atoms with E-state index in [2.05, 4.69) is 31.7 Å². The third-order valence-corrected chi connectivity index (χ3v) is 8.13. The number of hydrogen-bond acceptors (Lipinski definition) is 10. The van der Waals surface area contributed by atoms with Gasteiger partial charge in [0.1, 0.15) is 24.4 Å². The van der Waals surface area contributed by atoms with E-state index in [-0.39, 0.29) is 30.1 Å². The number of nitrogens with one attached hydrogen (secondary N) is 2. The Kier molecular flexibility index (Phi) is 9.85. The van der Waals surface area contributed by atoms with Crippen LogP contribution >= 0.6 is 11.6 Å². The minimum Gasteiger partial charge on any atom is -0.469 e. The molecule has 4 heterocycles. The molecule has 13 heteroatoms. The molecule has 0 bridgehead atoms. The summed E-state index contributed by atoms with van der Waals surface area (Å²) in [7, 11) is 0. The van der Waals surface area contributed by atoms with Crippen LogP contribution in [0.1, 0.15) is 58.9 Å². The van der Waals surface area contributed by atoms with Crippen molar-refractivity contribution >= 4 is 29.2 Å². The van der Waals surface area contributed by atoms with E-state index in [1.165, 1.54) is 18.3 Å². The zero-order valence-electron chi connectivity index (χ0n) is 23.6. The van der Waals surface area contributed by atoms with E-state index in [1.54, 1.807) is 6.07 Å². The number of oxazole rings is 1. The lowest BCUT2D eigenvalue weighted by Gasteiger charge is -2.34. The van der Waals surface area contributed by atoms with Crippen molar-refractivity contribution < 1.29 is 23.8 Å². The molecule has 1 saturated heterocycles. The van der Waals surface area contributed by atoms with Gasteiger partial charge in [0.2, 0.25) is 11.8 Å². The van der Waals surface area contributed by atoms with Crippen LogP contribution in [-0.4, -0.2) is 79.4 Å². The topological polar surface area (TPSA) is 156 Å². The second-order valence-corrected chi connectivity index (χ2v) is 11.1. The number of aryl methyl sites for hydroxylation is 2. The molecular weight excluding hydrogens is 562 g/mol. The summed E-state index contributed by atoms with van der Waals surface area (Å²) in [5.41, 5.74) is 3.23. The third-order valence-electron chi connectivity index (χ3n) is 7.78. The summed E-state index contributed by atoms with van der Waals surface area (Å²) in [5, 5.41) is 15.5. The summed E-state index contributed by atoms with van der Waals surface area (Å²) in [5.74, 6) is 1.93. The Labute approximate surface area is 249 Å². The maximum atomic E-state index is 13.1. The van der Waals surface area contributed by atoms with Crippen molar-refractivity contribution in [1.29, 1.82) is 0 Å². The molecule has 0 saturated carbocycles. The van der Waals surface area contributed by atoms with Gasteiger partial charge in [-0.1, -0.05) is 6.07 Å². The summed E-state index contributed by atoms with van der Waals surface area (Å²) in [4.78, 5) is 44.4. The molecule has 0 aromatic carbocycles. The van der Waals surface area contributed by atoms with Gasteiger partial charge < -0.3 is 29.8 Å². The minimum absolute atomic E-state index is 0.0350. The molecule has 1 unspecified atom stereocenters. The molecule has 0 radical (unpaired) electrons. The minimum atomic E-state index is -0.816. The van der Waals surface area contributed by atoms with Gasteiger partial charge in [0.15, 0.2) is 12.2 Å². The number of hydrogen-bond donors (Lipinski definition) is 3. The summed E-state index contributed by atoms with van der Waals surface area (Å²) in [6, 6.07) is 5.66. The number of pyridine rings is 1. The van der Waals surface area contributed by atoms with Gasteiger partial charge in [-0.05, 0) is 50.5 Å². The van der Waals surface area contributed by atoms with Gasteiger partial charge in [-0.25, -0.2) is 19.9 Å². The zero-order valence-corrected chi connectivity index (χ0v) is 24.3. The van der Waals surface area contributed by atoms with E-state index >= 15 is 0 Å². The molecule has 3 aromatic heterocycles. The number of aromatic nitrogens is 4. The third kappa shape index (κ3) is 7.74. The quantitative estimate of drug-likeness (QED) is 0.281. The summed E-state index contributed by atoms with van der Waals surface area (Å²) in [6.07, 6.45) is 6.61. The standard InChI is InChI=1S/C29H36ClN7O5/c1-18-25(42-17-34-18)15-41-27-5-3-20-10-19(2-4-23(20)36-27)11-28(39)37-8-6-21(7-9-37)35-26-12-24(32-16-33-26)29(40)31-14-22(38)13-30/h3,5,12,16-17,19,21-22,38H,2,4,6-11,13-15H2,1H3,(H,31,40)(H,32,33,35)/t19?,22-/m1/s1. The molecule has 3 N–H and O–H groups in total. The number of alkyl halides is 1. The van der Waals surface area contributed by atoms with Crippen LogP contribution in [0.5, 0.6) is 5.88 Å². The predicted octanol–water partition coefficient (Wildman–Crippen LogP) is 2.67. The van der Waals surface area contributed by atoms with E-state index in [9.17, 15) is 14.7 Å². The van der Waals surface area contributed by atoms with Crippen LogP contribution in [0.2, 0.25) is 0 Å². The fourth-order valence-corrected chi connectivity index (χ4v) is 5.41. The maximum absolute atomic E-state index is 13.1. The van der Waals surface area contributed by atoms with Gasteiger partial charge in [0, 0.05) is 49.9 Å². The van der Waals surface area contributed by atoms with E-state index in [1.807, 2.05) is 17.9 Å². The zero-order chi connectivity index (χ0) is 29.5. The molecular formula is C29H36ClN7O5. The van der Waals surface area contributed by atoms with Crippen LogP contribution in [-0.2, 0) is 24.2 Å². The molecule has 2 aliphatic rings. The number of fused-ring (bicyclic) bond motifs is 1. The number of likely N-dealkylation sites (tertiary alicyclic amines) is 1. The average molecular weight is 598 g/mol. The van der Waals surface area contributed by atoms with Crippen molar-refractivity contribution in [3.05, 3.63) is 59.3 Å². The van der Waals surface area contributed by atoms with Crippen molar-refractivity contribution in [3.63, 3.8) is 0 Å². The number of anilines is 1. The Balaban J connectivity index is 1.05. The van der Waals surface area contributed by atoms with Crippen molar-refractivity contribution in [2.24, 2.45) is 5.92 Å². The Hall–Kier alpha value is -3.77. The Morgan fingerprint density at radius 1 is 1.21 bits per heavy atom. The van der Waals surface area contributed by atoms with Crippen LogP contribution in [0.25, 0.3) is 0 Å². The van der Waals surface area contributed by atoms with Crippen LogP contribution < -0.4 is 15.4 Å². The second-order valence-electron chi connectivity index (χ2n) is 10.8. The van der Waals surface area contributed by atoms with Crippen LogP contribution in [0, 0.1) is 12.8 Å². The lowest BCUT2D eigenvalue weighted by Crippen LogP contribution is -2.43. The molecule has 5 rings (SSSR count). The Morgan fingerprint density at radius 2 is 2.05 bits per heavy atom. The molecule has 3 aromatic rings. The molecule has 1 aliphatic heterocycles. The molecule has 2 amide bonds. The van der Waals surface area contributed by atoms with Crippen molar-refractivity contribution in [1.82, 2.24) is 30.2 Å². The van der Waals surface area contributed by atoms with E-state index in [0.717, 1.165) is 43.5 Å². The molecule has 12 nitrogen and oxygen atoms in total. The van der Waals surface area contributed by atoms with Crippen LogP contribution in [0.4, 0.5) is 5.82 Å². The largest absolute Gasteiger partial charge is 0.469 e. The van der Waals surface area contributed by atoms with Gasteiger partial charge >= 0.3 is 0 Å². The number of carbonyl (C=O) groups excluding carboxylic acids is 2. The number of piperidine rings is 1. The number of halogens is 1. The fourth-order valence-electron chi connectivity index (χ4n) is 5.30. The predicted molar refractivity (Wildman–Crippen MR) is 154 cm³/mol. The second kappa shape index (κ2) is 13.9. The van der Waals surface area contributed by atoms with Gasteiger partial charge in [-0.2, -0.15) is 0 Å². The van der Waals surface area contributed by atoms with Gasteiger partial charge in [0.25, 0.3) is 5.91 Å². The number of aliphatic hydroxyl groups is 1. The highest BCUT2D eigenvalue weighted by Gasteiger charge is 2.28. The Morgan fingerprint density at radius 3 is 2.81 bits per heavy atom. The Bertz CT molecular complexity index is 1380. The van der Waals surface area contributed by atoms with E-state index < -0.39 is 12.0 Å². The smallest absolute Gasteiger partial charge is 0.270 e. The lowest BCUT2D eigenvalue weighted by atomic mass is 9.84. The fraction of sp³-hybridized carbons (Fsp3) is 0.517. The highest BCUT2D eigenvalue weighted by Crippen LogP contribution is 2.29. The molecule has 224 valence electrons. The van der Waals surface area contributed by atoms with E-state index in [0.29, 0.717) is 49.5 Å².